The number of hydrogen-bond donors (Lipinski definition) is 1. The number of ether oxygens (including phenoxy) is 2. The summed E-state index contributed by atoms with van der Waals surface area (Å²) < 4.78 is 10.7. The van der Waals surface area contributed by atoms with Crippen LogP contribution in [0, 0.1) is 5.92 Å². The molecule has 1 aliphatic rings. The van der Waals surface area contributed by atoms with Crippen LogP contribution in [0.5, 0.6) is 0 Å². The molecule has 1 heterocycles. The van der Waals surface area contributed by atoms with Gasteiger partial charge in [-0.2, -0.15) is 0 Å². The highest BCUT2D eigenvalue weighted by atomic mass is 16.5. The van der Waals surface area contributed by atoms with Crippen molar-refractivity contribution in [1.29, 1.82) is 0 Å². The molecule has 0 aliphatic carbocycles. The molecule has 3 heteroatoms. The molecule has 3 nitrogen and oxygen atoms in total. The Morgan fingerprint density at radius 2 is 2.42 bits per heavy atom. The van der Waals surface area contributed by atoms with Gasteiger partial charge < -0.3 is 15.2 Å². The third-order valence-corrected chi connectivity index (χ3v) is 2.67. The molecule has 1 fully saturated rings. The standard InChI is InChI=1S/C9H19NO2/c1-9(7-10,11-2)5-8-3-4-12-6-8/h8H,3-7,10H2,1-2H3. The highest BCUT2D eigenvalue weighted by Crippen LogP contribution is 2.25. The Balaban J connectivity index is 2.35. The maximum atomic E-state index is 5.63. The summed E-state index contributed by atoms with van der Waals surface area (Å²) in [4.78, 5) is 0. The van der Waals surface area contributed by atoms with Crippen LogP contribution in [-0.2, 0) is 9.47 Å². The van der Waals surface area contributed by atoms with E-state index in [1.807, 2.05) is 0 Å². The summed E-state index contributed by atoms with van der Waals surface area (Å²) in [5, 5.41) is 0. The normalized spacial score (nSPS) is 28.8. The summed E-state index contributed by atoms with van der Waals surface area (Å²) in [5.74, 6) is 0.637. The van der Waals surface area contributed by atoms with Crippen molar-refractivity contribution in [1.82, 2.24) is 0 Å². The zero-order chi connectivity index (χ0) is 9.03. The van der Waals surface area contributed by atoms with Crippen molar-refractivity contribution in [3.63, 3.8) is 0 Å². The monoisotopic (exact) mass is 173 g/mol. The Kier molecular flexibility index (Phi) is 3.50. The first-order valence-electron chi connectivity index (χ1n) is 4.53. The minimum atomic E-state index is -0.154. The first-order valence-corrected chi connectivity index (χ1v) is 4.53. The molecule has 0 aromatic carbocycles. The van der Waals surface area contributed by atoms with E-state index in [2.05, 4.69) is 6.92 Å². The van der Waals surface area contributed by atoms with E-state index in [0.717, 1.165) is 26.1 Å². The SMILES string of the molecule is COC(C)(CN)CC1CCOC1. The Hall–Kier alpha value is -0.120. The van der Waals surface area contributed by atoms with Gasteiger partial charge in [-0.25, -0.2) is 0 Å². The molecule has 2 N–H and O–H groups in total. The van der Waals surface area contributed by atoms with Gasteiger partial charge in [0.25, 0.3) is 0 Å². The minimum Gasteiger partial charge on any atom is -0.381 e. The van der Waals surface area contributed by atoms with Crippen LogP contribution in [0.2, 0.25) is 0 Å². The predicted octanol–water partition coefficient (Wildman–Crippen LogP) is 0.777. The zero-order valence-corrected chi connectivity index (χ0v) is 8.01. The molecule has 0 aromatic heterocycles. The van der Waals surface area contributed by atoms with Gasteiger partial charge in [0.05, 0.1) is 5.60 Å². The van der Waals surface area contributed by atoms with Gasteiger partial charge in [-0.15, -0.1) is 0 Å². The second kappa shape index (κ2) is 4.21. The van der Waals surface area contributed by atoms with Crippen LogP contribution in [-0.4, -0.2) is 32.5 Å². The van der Waals surface area contributed by atoms with E-state index in [1.165, 1.54) is 0 Å². The number of methoxy groups -OCH3 is 1. The van der Waals surface area contributed by atoms with Gasteiger partial charge in [0.1, 0.15) is 0 Å². The van der Waals surface area contributed by atoms with Gasteiger partial charge in [-0.3, -0.25) is 0 Å². The van der Waals surface area contributed by atoms with Crippen molar-refractivity contribution in [3.05, 3.63) is 0 Å². The van der Waals surface area contributed by atoms with Crippen LogP contribution in [0.1, 0.15) is 19.8 Å². The van der Waals surface area contributed by atoms with Crippen molar-refractivity contribution in [2.24, 2.45) is 11.7 Å². The molecule has 2 atom stereocenters. The van der Waals surface area contributed by atoms with Crippen LogP contribution < -0.4 is 5.73 Å². The summed E-state index contributed by atoms with van der Waals surface area (Å²) >= 11 is 0. The highest BCUT2D eigenvalue weighted by molar-refractivity contribution is 4.81. The summed E-state index contributed by atoms with van der Waals surface area (Å²) in [5.41, 5.74) is 5.48. The van der Waals surface area contributed by atoms with E-state index in [-0.39, 0.29) is 5.60 Å². The lowest BCUT2D eigenvalue weighted by Crippen LogP contribution is -2.38. The molecule has 12 heavy (non-hydrogen) atoms. The molecule has 0 spiro atoms. The van der Waals surface area contributed by atoms with Crippen molar-refractivity contribution in [3.8, 4) is 0 Å². The molecule has 0 bridgehead atoms. The van der Waals surface area contributed by atoms with Gasteiger partial charge in [0.15, 0.2) is 0 Å². The smallest absolute Gasteiger partial charge is 0.0775 e. The molecule has 72 valence electrons. The topological polar surface area (TPSA) is 44.5 Å². The maximum absolute atomic E-state index is 5.63. The van der Waals surface area contributed by atoms with E-state index in [1.54, 1.807) is 7.11 Å². The lowest BCUT2D eigenvalue weighted by molar-refractivity contribution is -0.00736. The molecule has 0 radical (unpaired) electrons. The molecule has 2 unspecified atom stereocenters. The van der Waals surface area contributed by atoms with Gasteiger partial charge in [-0.05, 0) is 25.7 Å². The zero-order valence-electron chi connectivity index (χ0n) is 8.01. The van der Waals surface area contributed by atoms with E-state index in [9.17, 15) is 0 Å². The predicted molar refractivity (Wildman–Crippen MR) is 48.0 cm³/mol. The largest absolute Gasteiger partial charge is 0.381 e. The maximum Gasteiger partial charge on any atom is 0.0775 e. The van der Waals surface area contributed by atoms with Crippen LogP contribution in [0.3, 0.4) is 0 Å². The average Bonchev–Trinajstić information content (AvgIpc) is 2.57. The van der Waals surface area contributed by atoms with E-state index in [4.69, 9.17) is 15.2 Å². The molecule has 0 amide bonds. The van der Waals surface area contributed by atoms with Crippen LogP contribution in [0.15, 0.2) is 0 Å². The number of nitrogens with two attached hydrogens (primary N) is 1. The number of rotatable bonds is 4. The Morgan fingerprint density at radius 3 is 2.83 bits per heavy atom. The van der Waals surface area contributed by atoms with Crippen LogP contribution >= 0.6 is 0 Å². The fraction of sp³-hybridized carbons (Fsp3) is 1.00. The lowest BCUT2D eigenvalue weighted by Gasteiger charge is -2.28. The van der Waals surface area contributed by atoms with Crippen molar-refractivity contribution < 1.29 is 9.47 Å². The third kappa shape index (κ3) is 2.44. The molecular formula is C9H19NO2. The summed E-state index contributed by atoms with van der Waals surface area (Å²) in [6, 6.07) is 0. The van der Waals surface area contributed by atoms with Gasteiger partial charge >= 0.3 is 0 Å². The summed E-state index contributed by atoms with van der Waals surface area (Å²) in [6.45, 7) is 4.42. The van der Waals surface area contributed by atoms with Crippen molar-refractivity contribution >= 4 is 0 Å². The molecule has 0 saturated carbocycles. The van der Waals surface area contributed by atoms with Crippen molar-refractivity contribution in [2.45, 2.75) is 25.4 Å². The number of hydrogen-bond acceptors (Lipinski definition) is 3. The van der Waals surface area contributed by atoms with Crippen LogP contribution in [0.25, 0.3) is 0 Å². The quantitative estimate of drug-likeness (QED) is 0.683. The van der Waals surface area contributed by atoms with Gasteiger partial charge in [0.2, 0.25) is 0 Å². The Morgan fingerprint density at radius 1 is 1.67 bits per heavy atom. The lowest BCUT2D eigenvalue weighted by atomic mass is 9.91. The van der Waals surface area contributed by atoms with Gasteiger partial charge in [-0.1, -0.05) is 0 Å². The molecule has 1 saturated heterocycles. The molecule has 0 aromatic rings. The van der Waals surface area contributed by atoms with E-state index >= 15 is 0 Å². The first kappa shape index (κ1) is 9.96. The highest BCUT2D eigenvalue weighted by Gasteiger charge is 2.28. The van der Waals surface area contributed by atoms with E-state index in [0.29, 0.717) is 12.5 Å². The van der Waals surface area contributed by atoms with Crippen LogP contribution in [0.4, 0.5) is 0 Å². The third-order valence-electron chi connectivity index (χ3n) is 2.67. The van der Waals surface area contributed by atoms with Crippen molar-refractivity contribution in [2.75, 3.05) is 26.9 Å². The fourth-order valence-corrected chi connectivity index (χ4v) is 1.60. The first-order chi connectivity index (χ1) is 5.70. The minimum absolute atomic E-state index is 0.154. The summed E-state index contributed by atoms with van der Waals surface area (Å²) in [6.07, 6.45) is 2.17. The molecule has 1 aliphatic heterocycles. The second-order valence-corrected chi connectivity index (χ2v) is 3.79. The average molecular weight is 173 g/mol. The Bertz CT molecular complexity index is 128. The molecule has 1 rings (SSSR count). The molecular weight excluding hydrogens is 154 g/mol. The summed E-state index contributed by atoms with van der Waals surface area (Å²) in [7, 11) is 1.72. The van der Waals surface area contributed by atoms with E-state index < -0.39 is 0 Å². The Labute approximate surface area is 74.2 Å². The fourth-order valence-electron chi connectivity index (χ4n) is 1.60. The second-order valence-electron chi connectivity index (χ2n) is 3.79. The van der Waals surface area contributed by atoms with Gasteiger partial charge in [0, 0.05) is 26.9 Å².